The molecule has 1 unspecified atom stereocenters. The fourth-order valence-corrected chi connectivity index (χ4v) is 3.01. The standard InChI is InChI=1S/C17H23N3/c1-2-20-10-4-6-16(13-20)19-12-14-7-8-17-15(11-14)5-3-9-18-17/h3,5,7-9,11,16,19H,2,4,6,10,12-13H2,1H3. The minimum atomic E-state index is 0.633. The summed E-state index contributed by atoms with van der Waals surface area (Å²) in [6.07, 6.45) is 4.46. The van der Waals surface area contributed by atoms with Crippen molar-refractivity contribution >= 4 is 10.9 Å². The summed E-state index contributed by atoms with van der Waals surface area (Å²) in [7, 11) is 0. The summed E-state index contributed by atoms with van der Waals surface area (Å²) in [6, 6.07) is 11.3. The Morgan fingerprint density at radius 3 is 3.20 bits per heavy atom. The molecule has 1 fully saturated rings. The van der Waals surface area contributed by atoms with Gasteiger partial charge < -0.3 is 10.2 Å². The Morgan fingerprint density at radius 1 is 1.35 bits per heavy atom. The van der Waals surface area contributed by atoms with Gasteiger partial charge in [-0.05, 0) is 49.7 Å². The molecule has 0 amide bonds. The van der Waals surface area contributed by atoms with Crippen LogP contribution in [0.3, 0.4) is 0 Å². The molecule has 0 saturated carbocycles. The summed E-state index contributed by atoms with van der Waals surface area (Å²) >= 11 is 0. The second-order valence-electron chi connectivity index (χ2n) is 5.64. The predicted octanol–water partition coefficient (Wildman–Crippen LogP) is 2.81. The third kappa shape index (κ3) is 3.17. The Bertz CT molecular complexity index is 567. The van der Waals surface area contributed by atoms with Crippen LogP contribution in [0.5, 0.6) is 0 Å². The number of hydrogen-bond acceptors (Lipinski definition) is 3. The first kappa shape index (κ1) is 13.5. The summed E-state index contributed by atoms with van der Waals surface area (Å²) in [4.78, 5) is 6.90. The van der Waals surface area contributed by atoms with E-state index in [4.69, 9.17) is 0 Å². The van der Waals surface area contributed by atoms with Crippen molar-refractivity contribution in [3.05, 3.63) is 42.1 Å². The van der Waals surface area contributed by atoms with Crippen molar-refractivity contribution < 1.29 is 0 Å². The van der Waals surface area contributed by atoms with E-state index in [-0.39, 0.29) is 0 Å². The van der Waals surface area contributed by atoms with E-state index in [9.17, 15) is 0 Å². The molecule has 1 aliphatic heterocycles. The normalized spacial score (nSPS) is 20.4. The van der Waals surface area contributed by atoms with Crippen LogP contribution in [-0.4, -0.2) is 35.6 Å². The molecule has 2 aromatic rings. The number of rotatable bonds is 4. The smallest absolute Gasteiger partial charge is 0.0702 e. The summed E-state index contributed by atoms with van der Waals surface area (Å²) in [6.45, 7) is 6.81. The number of pyridine rings is 1. The zero-order chi connectivity index (χ0) is 13.8. The molecule has 1 aliphatic rings. The Morgan fingerprint density at radius 2 is 2.30 bits per heavy atom. The van der Waals surface area contributed by atoms with E-state index in [1.807, 2.05) is 12.3 Å². The summed E-state index contributed by atoms with van der Waals surface area (Å²) in [5, 5.41) is 4.93. The van der Waals surface area contributed by atoms with Crippen molar-refractivity contribution in [1.82, 2.24) is 15.2 Å². The summed E-state index contributed by atoms with van der Waals surface area (Å²) < 4.78 is 0. The average Bonchev–Trinajstić information content (AvgIpc) is 2.53. The summed E-state index contributed by atoms with van der Waals surface area (Å²) in [5.74, 6) is 0. The van der Waals surface area contributed by atoms with E-state index < -0.39 is 0 Å². The maximum absolute atomic E-state index is 4.37. The molecule has 106 valence electrons. The fraction of sp³-hybridized carbons (Fsp3) is 0.471. The van der Waals surface area contributed by atoms with Gasteiger partial charge in [0.15, 0.2) is 0 Å². The molecule has 0 radical (unpaired) electrons. The minimum Gasteiger partial charge on any atom is -0.309 e. The minimum absolute atomic E-state index is 0.633. The van der Waals surface area contributed by atoms with E-state index in [2.05, 4.69) is 46.4 Å². The second kappa shape index (κ2) is 6.33. The monoisotopic (exact) mass is 269 g/mol. The number of hydrogen-bond donors (Lipinski definition) is 1. The molecule has 0 spiro atoms. The number of benzene rings is 1. The summed E-state index contributed by atoms with van der Waals surface area (Å²) in [5.41, 5.74) is 2.42. The zero-order valence-electron chi connectivity index (χ0n) is 12.2. The lowest BCUT2D eigenvalue weighted by atomic mass is 10.0. The Labute approximate surface area is 121 Å². The lowest BCUT2D eigenvalue weighted by Crippen LogP contribution is -2.45. The first-order valence-corrected chi connectivity index (χ1v) is 7.64. The lowest BCUT2D eigenvalue weighted by Gasteiger charge is -2.32. The molecular weight excluding hydrogens is 246 g/mol. The van der Waals surface area contributed by atoms with Gasteiger partial charge in [-0.1, -0.05) is 19.1 Å². The number of piperidine rings is 1. The van der Waals surface area contributed by atoms with Gasteiger partial charge in [0.05, 0.1) is 5.52 Å². The first-order valence-electron chi connectivity index (χ1n) is 7.64. The number of fused-ring (bicyclic) bond motifs is 1. The fourth-order valence-electron chi connectivity index (χ4n) is 3.01. The topological polar surface area (TPSA) is 28.2 Å². The van der Waals surface area contributed by atoms with Gasteiger partial charge in [-0.15, -0.1) is 0 Å². The maximum Gasteiger partial charge on any atom is 0.0702 e. The second-order valence-corrected chi connectivity index (χ2v) is 5.64. The molecule has 1 aromatic carbocycles. The van der Waals surface area contributed by atoms with Crippen LogP contribution in [0.1, 0.15) is 25.3 Å². The molecule has 1 atom stereocenters. The van der Waals surface area contributed by atoms with E-state index in [0.717, 1.165) is 12.1 Å². The van der Waals surface area contributed by atoms with Crippen molar-refractivity contribution in [2.24, 2.45) is 0 Å². The highest BCUT2D eigenvalue weighted by molar-refractivity contribution is 5.78. The number of aromatic nitrogens is 1. The Balaban J connectivity index is 1.61. The molecule has 1 aromatic heterocycles. The van der Waals surface area contributed by atoms with E-state index in [1.54, 1.807) is 0 Å². The molecule has 3 nitrogen and oxygen atoms in total. The third-order valence-electron chi connectivity index (χ3n) is 4.22. The highest BCUT2D eigenvalue weighted by Gasteiger charge is 2.17. The van der Waals surface area contributed by atoms with Crippen molar-refractivity contribution in [3.63, 3.8) is 0 Å². The van der Waals surface area contributed by atoms with Gasteiger partial charge in [0.1, 0.15) is 0 Å². The van der Waals surface area contributed by atoms with E-state index >= 15 is 0 Å². The zero-order valence-corrected chi connectivity index (χ0v) is 12.2. The molecule has 3 rings (SSSR count). The van der Waals surface area contributed by atoms with Gasteiger partial charge in [-0.25, -0.2) is 0 Å². The highest BCUT2D eigenvalue weighted by Crippen LogP contribution is 2.14. The van der Waals surface area contributed by atoms with E-state index in [0.29, 0.717) is 6.04 Å². The van der Waals surface area contributed by atoms with Gasteiger partial charge in [-0.3, -0.25) is 4.98 Å². The maximum atomic E-state index is 4.37. The highest BCUT2D eigenvalue weighted by atomic mass is 15.2. The van der Waals surface area contributed by atoms with Gasteiger partial charge >= 0.3 is 0 Å². The average molecular weight is 269 g/mol. The quantitative estimate of drug-likeness (QED) is 0.925. The first-order chi connectivity index (χ1) is 9.85. The van der Waals surface area contributed by atoms with Crippen LogP contribution in [0.15, 0.2) is 36.5 Å². The molecule has 0 bridgehead atoms. The van der Waals surface area contributed by atoms with Crippen LogP contribution in [0.25, 0.3) is 10.9 Å². The van der Waals surface area contributed by atoms with Gasteiger partial charge in [0.2, 0.25) is 0 Å². The number of nitrogens with zero attached hydrogens (tertiary/aromatic N) is 2. The van der Waals surface area contributed by atoms with Crippen LogP contribution in [-0.2, 0) is 6.54 Å². The van der Waals surface area contributed by atoms with Gasteiger partial charge in [0, 0.05) is 30.7 Å². The molecule has 2 heterocycles. The third-order valence-corrected chi connectivity index (χ3v) is 4.22. The van der Waals surface area contributed by atoms with Gasteiger partial charge in [0.25, 0.3) is 0 Å². The van der Waals surface area contributed by atoms with Crippen molar-refractivity contribution in [1.29, 1.82) is 0 Å². The number of likely N-dealkylation sites (N-methyl/N-ethyl adjacent to an activating group) is 1. The lowest BCUT2D eigenvalue weighted by molar-refractivity contribution is 0.198. The van der Waals surface area contributed by atoms with Gasteiger partial charge in [-0.2, -0.15) is 0 Å². The molecule has 20 heavy (non-hydrogen) atoms. The van der Waals surface area contributed by atoms with Crippen LogP contribution < -0.4 is 5.32 Å². The van der Waals surface area contributed by atoms with Crippen molar-refractivity contribution in [2.75, 3.05) is 19.6 Å². The van der Waals surface area contributed by atoms with Crippen molar-refractivity contribution in [2.45, 2.75) is 32.4 Å². The largest absolute Gasteiger partial charge is 0.309 e. The molecule has 1 saturated heterocycles. The predicted molar refractivity (Wildman–Crippen MR) is 83.7 cm³/mol. The SMILES string of the molecule is CCN1CCCC(NCc2ccc3ncccc3c2)C1. The van der Waals surface area contributed by atoms with E-state index in [1.165, 1.54) is 43.4 Å². The van der Waals surface area contributed by atoms with Crippen molar-refractivity contribution in [3.8, 4) is 0 Å². The molecule has 3 heteroatoms. The Kier molecular flexibility index (Phi) is 4.28. The van der Waals surface area contributed by atoms with Crippen LogP contribution >= 0.6 is 0 Å². The Hall–Kier alpha value is -1.45. The van der Waals surface area contributed by atoms with Crippen LogP contribution in [0.4, 0.5) is 0 Å². The van der Waals surface area contributed by atoms with Crippen LogP contribution in [0.2, 0.25) is 0 Å². The number of likely N-dealkylation sites (tertiary alicyclic amines) is 1. The van der Waals surface area contributed by atoms with Crippen LogP contribution in [0, 0.1) is 0 Å². The molecular formula is C17H23N3. The number of nitrogens with one attached hydrogen (secondary N) is 1. The molecule has 0 aliphatic carbocycles. The molecule has 1 N–H and O–H groups in total.